The fourth-order valence-corrected chi connectivity index (χ4v) is 5.46. The SMILES string of the molecule is COc1ccc(Cn2c(CCc3ccccc3)nnc2[C@@H](Cc2c[nH]c3ccccc23)NC(=O)C(C)(C)NC(=O)OC(C)(C)C)cc1. The van der Waals surface area contributed by atoms with Crippen molar-refractivity contribution in [2.75, 3.05) is 7.11 Å². The molecule has 5 aromatic rings. The lowest BCUT2D eigenvalue weighted by Crippen LogP contribution is -2.56. The molecule has 10 nitrogen and oxygen atoms in total. The number of rotatable bonds is 12. The predicted octanol–water partition coefficient (Wildman–Crippen LogP) is 6.30. The molecule has 0 aliphatic heterocycles. The number of ether oxygens (including phenoxy) is 2. The highest BCUT2D eigenvalue weighted by Gasteiger charge is 2.35. The number of para-hydroxylation sites is 1. The van der Waals surface area contributed by atoms with Gasteiger partial charge in [0.2, 0.25) is 5.91 Å². The van der Waals surface area contributed by atoms with E-state index in [-0.39, 0.29) is 5.91 Å². The number of H-pyrrole nitrogens is 1. The molecular weight excluding hydrogens is 592 g/mol. The first-order chi connectivity index (χ1) is 22.4. The minimum Gasteiger partial charge on any atom is -0.497 e. The molecule has 0 radical (unpaired) electrons. The topological polar surface area (TPSA) is 123 Å². The Morgan fingerprint density at radius 1 is 0.872 bits per heavy atom. The van der Waals surface area contributed by atoms with Gasteiger partial charge in [-0.05, 0) is 75.9 Å². The molecule has 10 heteroatoms. The minimum absolute atomic E-state index is 0.377. The lowest BCUT2D eigenvalue weighted by atomic mass is 10.0. The summed E-state index contributed by atoms with van der Waals surface area (Å²) >= 11 is 0. The molecule has 0 saturated heterocycles. The molecule has 47 heavy (non-hydrogen) atoms. The molecule has 0 aliphatic rings. The number of fused-ring (bicyclic) bond motifs is 1. The summed E-state index contributed by atoms with van der Waals surface area (Å²) in [5, 5.41) is 16.4. The van der Waals surface area contributed by atoms with Crippen molar-refractivity contribution in [3.8, 4) is 5.75 Å². The number of carbonyl (C=O) groups is 2. The molecule has 0 saturated carbocycles. The maximum absolute atomic E-state index is 13.9. The molecule has 2 heterocycles. The van der Waals surface area contributed by atoms with Crippen molar-refractivity contribution < 1.29 is 19.1 Å². The van der Waals surface area contributed by atoms with E-state index in [1.165, 1.54) is 5.56 Å². The van der Waals surface area contributed by atoms with E-state index in [9.17, 15) is 9.59 Å². The van der Waals surface area contributed by atoms with Crippen molar-refractivity contribution in [1.82, 2.24) is 30.4 Å². The Labute approximate surface area is 275 Å². The average Bonchev–Trinajstić information content (AvgIpc) is 3.63. The van der Waals surface area contributed by atoms with Crippen molar-refractivity contribution in [2.45, 2.75) is 77.6 Å². The Balaban J connectivity index is 1.51. The number of methoxy groups -OCH3 is 1. The molecular formula is C37H44N6O4. The van der Waals surface area contributed by atoms with Crippen LogP contribution in [-0.2, 0) is 35.3 Å². The molecule has 0 aliphatic carbocycles. The van der Waals surface area contributed by atoms with Crippen LogP contribution in [0.2, 0.25) is 0 Å². The van der Waals surface area contributed by atoms with Gasteiger partial charge in [0.15, 0.2) is 5.82 Å². The van der Waals surface area contributed by atoms with Crippen molar-refractivity contribution in [3.05, 3.63) is 113 Å². The summed E-state index contributed by atoms with van der Waals surface area (Å²) in [7, 11) is 1.64. The van der Waals surface area contributed by atoms with Gasteiger partial charge in [0.05, 0.1) is 19.7 Å². The van der Waals surface area contributed by atoms with E-state index in [4.69, 9.17) is 14.6 Å². The van der Waals surface area contributed by atoms with Gasteiger partial charge < -0.3 is 29.7 Å². The number of carbonyl (C=O) groups excluding carboxylic acids is 2. The molecule has 3 N–H and O–H groups in total. The van der Waals surface area contributed by atoms with Crippen LogP contribution >= 0.6 is 0 Å². The van der Waals surface area contributed by atoms with Crippen LogP contribution < -0.4 is 15.4 Å². The number of amides is 2. The van der Waals surface area contributed by atoms with E-state index in [0.717, 1.165) is 40.0 Å². The van der Waals surface area contributed by atoms with E-state index < -0.39 is 23.3 Å². The Kier molecular flexibility index (Phi) is 9.98. The summed E-state index contributed by atoms with van der Waals surface area (Å²) in [6, 6.07) is 25.7. The molecule has 0 fully saturated rings. The smallest absolute Gasteiger partial charge is 0.408 e. The first-order valence-corrected chi connectivity index (χ1v) is 15.9. The largest absolute Gasteiger partial charge is 0.497 e. The van der Waals surface area contributed by atoms with Gasteiger partial charge in [-0.15, -0.1) is 10.2 Å². The van der Waals surface area contributed by atoms with Crippen LogP contribution in [-0.4, -0.2) is 50.0 Å². The summed E-state index contributed by atoms with van der Waals surface area (Å²) in [4.78, 5) is 30.0. The van der Waals surface area contributed by atoms with E-state index in [0.29, 0.717) is 25.2 Å². The maximum Gasteiger partial charge on any atom is 0.408 e. The van der Waals surface area contributed by atoms with Crippen LogP contribution in [0.15, 0.2) is 85.1 Å². The Bertz CT molecular complexity index is 1800. The zero-order valence-electron chi connectivity index (χ0n) is 28.0. The minimum atomic E-state index is -1.28. The summed E-state index contributed by atoms with van der Waals surface area (Å²) in [5.41, 5.74) is 2.28. The first kappa shape index (κ1) is 33.2. The van der Waals surface area contributed by atoms with Gasteiger partial charge in [0.1, 0.15) is 22.7 Å². The summed E-state index contributed by atoms with van der Waals surface area (Å²) in [5.74, 6) is 1.82. The Hall–Kier alpha value is -5.12. The van der Waals surface area contributed by atoms with E-state index in [1.54, 1.807) is 41.7 Å². The lowest BCUT2D eigenvalue weighted by Gasteiger charge is -2.30. The zero-order chi connectivity index (χ0) is 33.6. The molecule has 246 valence electrons. The Morgan fingerprint density at radius 3 is 2.28 bits per heavy atom. The summed E-state index contributed by atoms with van der Waals surface area (Å²) in [6.07, 6.45) is 3.18. The molecule has 5 rings (SSSR count). The van der Waals surface area contributed by atoms with Gasteiger partial charge in [-0.1, -0.05) is 60.7 Å². The fraction of sp³-hybridized carbons (Fsp3) is 0.351. The van der Waals surface area contributed by atoms with Crippen LogP contribution in [0.1, 0.15) is 69.0 Å². The second-order valence-electron chi connectivity index (χ2n) is 13.2. The lowest BCUT2D eigenvalue weighted by molar-refractivity contribution is -0.127. The molecule has 0 spiro atoms. The molecule has 2 amide bonds. The number of aryl methyl sites for hydroxylation is 2. The van der Waals surface area contributed by atoms with Crippen molar-refractivity contribution in [1.29, 1.82) is 0 Å². The van der Waals surface area contributed by atoms with Crippen LogP contribution in [0, 0.1) is 0 Å². The number of aromatic nitrogens is 4. The monoisotopic (exact) mass is 636 g/mol. The first-order valence-electron chi connectivity index (χ1n) is 15.9. The second-order valence-corrected chi connectivity index (χ2v) is 13.2. The van der Waals surface area contributed by atoms with Crippen LogP contribution in [0.3, 0.4) is 0 Å². The number of benzene rings is 3. The van der Waals surface area contributed by atoms with Gasteiger partial charge >= 0.3 is 6.09 Å². The van der Waals surface area contributed by atoms with Gasteiger partial charge in [-0.25, -0.2) is 4.79 Å². The fourth-order valence-electron chi connectivity index (χ4n) is 5.46. The average molecular weight is 637 g/mol. The molecule has 0 bridgehead atoms. The van der Waals surface area contributed by atoms with Crippen molar-refractivity contribution >= 4 is 22.9 Å². The number of nitrogens with zero attached hydrogens (tertiary/aromatic N) is 3. The van der Waals surface area contributed by atoms with Gasteiger partial charge in [0, 0.05) is 29.9 Å². The number of hydrogen-bond donors (Lipinski definition) is 3. The molecule has 0 unspecified atom stereocenters. The highest BCUT2D eigenvalue weighted by atomic mass is 16.6. The number of nitrogens with one attached hydrogen (secondary N) is 3. The van der Waals surface area contributed by atoms with E-state index in [2.05, 4.69) is 43.5 Å². The molecule has 1 atom stereocenters. The highest BCUT2D eigenvalue weighted by Crippen LogP contribution is 2.26. The normalized spacial score (nSPS) is 12.5. The standard InChI is InChI=1S/C37H44N6O4/c1-36(2,3)47-35(45)40-37(4,5)34(44)39-31(22-27-23-38-30-15-11-10-14-29(27)30)33-42-41-32(21-18-25-12-8-7-9-13-25)43(33)24-26-16-19-28(46-6)20-17-26/h7-17,19-20,23,31,38H,18,21-22,24H2,1-6H3,(H,39,44)(H,40,45)/t31-/m1/s1. The van der Waals surface area contributed by atoms with E-state index in [1.807, 2.05) is 66.9 Å². The van der Waals surface area contributed by atoms with Crippen molar-refractivity contribution in [3.63, 3.8) is 0 Å². The second kappa shape index (κ2) is 14.1. The van der Waals surface area contributed by atoms with Gasteiger partial charge in [-0.2, -0.15) is 0 Å². The molecule has 2 aromatic heterocycles. The third-order valence-corrected chi connectivity index (χ3v) is 7.93. The number of hydrogen-bond acceptors (Lipinski definition) is 6. The van der Waals surface area contributed by atoms with Gasteiger partial charge in [0.25, 0.3) is 0 Å². The Morgan fingerprint density at radius 2 is 1.57 bits per heavy atom. The van der Waals surface area contributed by atoms with Crippen molar-refractivity contribution in [2.24, 2.45) is 0 Å². The number of aromatic amines is 1. The zero-order valence-corrected chi connectivity index (χ0v) is 28.0. The number of alkyl carbamates (subject to hydrolysis) is 1. The maximum atomic E-state index is 13.9. The van der Waals surface area contributed by atoms with Crippen LogP contribution in [0.5, 0.6) is 5.75 Å². The van der Waals surface area contributed by atoms with Crippen LogP contribution in [0.25, 0.3) is 10.9 Å². The molecule has 3 aromatic carbocycles. The third-order valence-electron chi connectivity index (χ3n) is 7.93. The highest BCUT2D eigenvalue weighted by molar-refractivity contribution is 5.89. The quantitative estimate of drug-likeness (QED) is 0.148. The predicted molar refractivity (Wildman–Crippen MR) is 182 cm³/mol. The summed E-state index contributed by atoms with van der Waals surface area (Å²) < 4.78 is 12.9. The summed E-state index contributed by atoms with van der Waals surface area (Å²) in [6.45, 7) is 9.15. The van der Waals surface area contributed by atoms with Gasteiger partial charge in [-0.3, -0.25) is 4.79 Å². The van der Waals surface area contributed by atoms with Crippen LogP contribution in [0.4, 0.5) is 4.79 Å². The third kappa shape index (κ3) is 8.58. The van der Waals surface area contributed by atoms with E-state index >= 15 is 0 Å².